The van der Waals surface area contributed by atoms with Crippen molar-refractivity contribution in [3.8, 4) is 0 Å². The number of aliphatic hydroxyl groups excluding tert-OH is 1. The van der Waals surface area contributed by atoms with Gasteiger partial charge in [-0.05, 0) is 20.8 Å². The van der Waals surface area contributed by atoms with Gasteiger partial charge in [-0.1, -0.05) is 0 Å². The van der Waals surface area contributed by atoms with Crippen molar-refractivity contribution in [1.82, 2.24) is 0 Å². The van der Waals surface area contributed by atoms with E-state index in [1.54, 1.807) is 13.8 Å². The van der Waals surface area contributed by atoms with E-state index in [0.717, 1.165) is 0 Å². The van der Waals surface area contributed by atoms with E-state index < -0.39 is 25.8 Å². The zero-order valence-corrected chi connectivity index (χ0v) is 10.7. The maximum atomic E-state index is 11.9. The fourth-order valence-electron chi connectivity index (χ4n) is 0.939. The minimum Gasteiger partial charge on any atom is -0.462 e. The van der Waals surface area contributed by atoms with Crippen LogP contribution in [0.3, 0.4) is 0 Å². The van der Waals surface area contributed by atoms with Crippen molar-refractivity contribution in [1.29, 1.82) is 0 Å². The molecule has 0 aliphatic heterocycles. The average molecular weight is 254 g/mol. The van der Waals surface area contributed by atoms with Crippen LogP contribution in [0.25, 0.3) is 0 Å². The lowest BCUT2D eigenvalue weighted by molar-refractivity contribution is -0.143. The molecule has 0 fully saturated rings. The van der Waals surface area contributed by atoms with E-state index in [0.29, 0.717) is 0 Å². The molecule has 0 aliphatic rings. The first-order valence-electron chi connectivity index (χ1n) is 5.15. The van der Waals surface area contributed by atoms with Crippen molar-refractivity contribution in [2.45, 2.75) is 26.9 Å². The summed E-state index contributed by atoms with van der Waals surface area (Å²) in [7, 11) is -3.39. The zero-order valence-electron chi connectivity index (χ0n) is 9.84. The molecule has 96 valence electrons. The Bertz CT molecular complexity index is 242. The minimum atomic E-state index is -3.39. The number of hydrogen-bond donors (Lipinski definition) is 1. The molecule has 0 saturated heterocycles. The van der Waals surface area contributed by atoms with Crippen molar-refractivity contribution in [2.75, 3.05) is 26.0 Å². The van der Waals surface area contributed by atoms with Crippen molar-refractivity contribution in [2.24, 2.45) is 0 Å². The van der Waals surface area contributed by atoms with Gasteiger partial charge in [0.15, 0.2) is 0 Å². The largest absolute Gasteiger partial charge is 0.462 e. The van der Waals surface area contributed by atoms with Crippen LogP contribution in [0.4, 0.5) is 0 Å². The number of carbonyl (C=O) groups is 1. The third-order valence-corrected chi connectivity index (χ3v) is 3.41. The molecule has 0 bridgehead atoms. The van der Waals surface area contributed by atoms with Crippen molar-refractivity contribution in [3.63, 3.8) is 0 Å². The van der Waals surface area contributed by atoms with Crippen LogP contribution in [0.15, 0.2) is 0 Å². The molecule has 0 aliphatic carbocycles. The van der Waals surface area contributed by atoms with E-state index in [4.69, 9.17) is 14.2 Å². The molecular formula is C9H19O6P. The van der Waals surface area contributed by atoms with Crippen LogP contribution in [0, 0.1) is 0 Å². The molecule has 0 rings (SSSR count). The van der Waals surface area contributed by atoms with Crippen LogP contribution in [0.2, 0.25) is 0 Å². The SMILES string of the molecule is CCOP(=O)(CC(=O)OCC(C)O)OCC. The van der Waals surface area contributed by atoms with Crippen LogP contribution < -0.4 is 0 Å². The lowest BCUT2D eigenvalue weighted by Crippen LogP contribution is -2.19. The van der Waals surface area contributed by atoms with Crippen molar-refractivity contribution < 1.29 is 28.3 Å². The van der Waals surface area contributed by atoms with Gasteiger partial charge in [-0.3, -0.25) is 9.36 Å². The Kier molecular flexibility index (Phi) is 7.58. The van der Waals surface area contributed by atoms with Crippen molar-refractivity contribution >= 4 is 13.6 Å². The number of ether oxygens (including phenoxy) is 1. The van der Waals surface area contributed by atoms with Crippen LogP contribution in [-0.2, 0) is 23.1 Å². The Morgan fingerprint density at radius 1 is 1.31 bits per heavy atom. The highest BCUT2D eigenvalue weighted by molar-refractivity contribution is 7.54. The Balaban J connectivity index is 4.18. The number of rotatable bonds is 8. The summed E-state index contributed by atoms with van der Waals surface area (Å²) >= 11 is 0. The molecule has 0 heterocycles. The molecule has 1 atom stereocenters. The molecule has 1 N–H and O–H groups in total. The Hall–Kier alpha value is -0.420. The fraction of sp³-hybridized carbons (Fsp3) is 0.889. The minimum absolute atomic E-state index is 0.128. The van der Waals surface area contributed by atoms with Crippen molar-refractivity contribution in [3.05, 3.63) is 0 Å². The van der Waals surface area contributed by atoms with E-state index >= 15 is 0 Å². The summed E-state index contributed by atoms with van der Waals surface area (Å²) in [6, 6.07) is 0. The molecular weight excluding hydrogens is 235 g/mol. The van der Waals surface area contributed by atoms with E-state index in [1.165, 1.54) is 6.92 Å². The fourth-order valence-corrected chi connectivity index (χ4v) is 2.39. The summed E-state index contributed by atoms with van der Waals surface area (Å²) in [4.78, 5) is 11.2. The normalized spacial score (nSPS) is 13.5. The molecule has 0 radical (unpaired) electrons. The van der Waals surface area contributed by atoms with Gasteiger partial charge in [-0.25, -0.2) is 0 Å². The highest BCUT2D eigenvalue weighted by Gasteiger charge is 2.28. The summed E-state index contributed by atoms with van der Waals surface area (Å²) in [5, 5.41) is 8.90. The first-order valence-corrected chi connectivity index (χ1v) is 6.88. The Morgan fingerprint density at radius 3 is 2.19 bits per heavy atom. The second-order valence-corrected chi connectivity index (χ2v) is 5.19. The lowest BCUT2D eigenvalue weighted by atomic mass is 10.4. The smallest absolute Gasteiger partial charge is 0.341 e. The van der Waals surface area contributed by atoms with Gasteiger partial charge in [-0.15, -0.1) is 0 Å². The highest BCUT2D eigenvalue weighted by atomic mass is 31.2. The molecule has 7 heteroatoms. The highest BCUT2D eigenvalue weighted by Crippen LogP contribution is 2.47. The lowest BCUT2D eigenvalue weighted by Gasteiger charge is -2.16. The van der Waals surface area contributed by atoms with Gasteiger partial charge in [0.2, 0.25) is 0 Å². The van der Waals surface area contributed by atoms with E-state index in [1.807, 2.05) is 0 Å². The van der Waals surface area contributed by atoms with E-state index in [2.05, 4.69) is 4.74 Å². The third-order valence-electron chi connectivity index (χ3n) is 1.46. The van der Waals surface area contributed by atoms with E-state index in [9.17, 15) is 9.36 Å². The van der Waals surface area contributed by atoms with Crippen LogP contribution in [0.1, 0.15) is 20.8 Å². The first kappa shape index (κ1) is 15.6. The third kappa shape index (κ3) is 6.95. The van der Waals surface area contributed by atoms with Crippen LogP contribution in [-0.4, -0.2) is 43.2 Å². The Morgan fingerprint density at radius 2 is 1.81 bits per heavy atom. The van der Waals surface area contributed by atoms with Gasteiger partial charge < -0.3 is 18.9 Å². The number of aliphatic hydroxyl groups is 1. The summed E-state index contributed by atoms with van der Waals surface area (Å²) in [6.07, 6.45) is -1.18. The summed E-state index contributed by atoms with van der Waals surface area (Å²) < 4.78 is 26.4. The summed E-state index contributed by atoms with van der Waals surface area (Å²) in [5.41, 5.74) is 0. The molecule has 16 heavy (non-hydrogen) atoms. The maximum Gasteiger partial charge on any atom is 0.341 e. The molecule has 0 aromatic heterocycles. The van der Waals surface area contributed by atoms with Gasteiger partial charge in [0, 0.05) is 0 Å². The summed E-state index contributed by atoms with van der Waals surface area (Å²) in [6.45, 7) is 5.07. The predicted octanol–water partition coefficient (Wildman–Crippen LogP) is 1.18. The zero-order chi connectivity index (χ0) is 12.6. The first-order chi connectivity index (χ1) is 7.43. The molecule has 0 saturated carbocycles. The van der Waals surface area contributed by atoms with Crippen LogP contribution in [0.5, 0.6) is 0 Å². The molecule has 0 aromatic rings. The van der Waals surface area contributed by atoms with Crippen LogP contribution >= 0.6 is 7.60 Å². The predicted molar refractivity (Wildman–Crippen MR) is 58.4 cm³/mol. The van der Waals surface area contributed by atoms with Gasteiger partial charge >= 0.3 is 13.6 Å². The van der Waals surface area contributed by atoms with Gasteiger partial charge in [0.05, 0.1) is 19.3 Å². The number of hydrogen-bond acceptors (Lipinski definition) is 6. The maximum absolute atomic E-state index is 11.9. The van der Waals surface area contributed by atoms with Gasteiger partial charge in [0.1, 0.15) is 12.8 Å². The van der Waals surface area contributed by atoms with E-state index in [-0.39, 0.29) is 19.8 Å². The number of carbonyl (C=O) groups excluding carboxylic acids is 1. The second kappa shape index (κ2) is 7.79. The Labute approximate surface area is 95.4 Å². The molecule has 0 amide bonds. The topological polar surface area (TPSA) is 82.1 Å². The van der Waals surface area contributed by atoms with Gasteiger partial charge in [-0.2, -0.15) is 0 Å². The molecule has 0 aromatic carbocycles. The monoisotopic (exact) mass is 254 g/mol. The molecule has 1 unspecified atom stereocenters. The molecule has 6 nitrogen and oxygen atoms in total. The average Bonchev–Trinajstić information content (AvgIpc) is 2.15. The second-order valence-electron chi connectivity index (χ2n) is 3.14. The van der Waals surface area contributed by atoms with Gasteiger partial charge in [0.25, 0.3) is 0 Å². The quantitative estimate of drug-likeness (QED) is 0.517. The summed E-state index contributed by atoms with van der Waals surface area (Å²) in [5.74, 6) is -0.703. The number of esters is 1. The standard InChI is InChI=1S/C9H19O6P/c1-4-14-16(12,15-5-2)7-9(11)13-6-8(3)10/h8,10H,4-7H2,1-3H3. The molecule has 0 spiro atoms.